The summed E-state index contributed by atoms with van der Waals surface area (Å²) in [6.45, 7) is 3.02. The maximum atomic E-state index is 12.4. The zero-order chi connectivity index (χ0) is 16.5. The van der Waals surface area contributed by atoms with E-state index in [4.69, 9.17) is 0 Å². The molecule has 0 unspecified atom stereocenters. The molecule has 9 heteroatoms. The number of nitrogens with one attached hydrogen (secondary N) is 3. The zero-order valence-corrected chi connectivity index (χ0v) is 14.2. The predicted molar refractivity (Wildman–Crippen MR) is 85.3 cm³/mol. The molecular formula is C13H14BrN3O4S. The van der Waals surface area contributed by atoms with E-state index < -0.39 is 32.2 Å². The van der Waals surface area contributed by atoms with Crippen molar-refractivity contribution in [1.29, 1.82) is 0 Å². The summed E-state index contributed by atoms with van der Waals surface area (Å²) in [5.41, 5.74) is -0.964. The Morgan fingerprint density at radius 2 is 1.73 bits per heavy atom. The summed E-state index contributed by atoms with van der Waals surface area (Å²) in [6.07, 6.45) is 0. The van der Waals surface area contributed by atoms with Crippen LogP contribution in [0.3, 0.4) is 0 Å². The van der Waals surface area contributed by atoms with Gasteiger partial charge in [0.15, 0.2) is 4.90 Å². The number of halogens is 1. The average molecular weight is 388 g/mol. The molecule has 7 nitrogen and oxygen atoms in total. The molecule has 0 aliphatic carbocycles. The summed E-state index contributed by atoms with van der Waals surface area (Å²) in [5, 5.41) is 0. The highest BCUT2D eigenvalue weighted by Gasteiger charge is 2.24. The van der Waals surface area contributed by atoms with Crippen LogP contribution in [0.2, 0.25) is 0 Å². The standard InChI is InChI=1S/C13H14BrN3O4S/c1-7(9-3-5-10(14)6-4-9)17-22(20,21)11-8(2)15-13(19)16-12(11)18/h3-7,17H,1-2H3,(H2,15,16,18,19)/t7-/m0/s1. The van der Waals surface area contributed by atoms with E-state index in [1.54, 1.807) is 31.2 Å². The molecular weight excluding hydrogens is 374 g/mol. The largest absolute Gasteiger partial charge is 0.325 e. The molecule has 3 N–H and O–H groups in total. The Morgan fingerprint density at radius 1 is 1.14 bits per heavy atom. The van der Waals surface area contributed by atoms with Gasteiger partial charge in [0.25, 0.3) is 5.56 Å². The lowest BCUT2D eigenvalue weighted by Crippen LogP contribution is -2.35. The van der Waals surface area contributed by atoms with Gasteiger partial charge in [-0.2, -0.15) is 0 Å². The molecule has 0 aliphatic heterocycles. The molecule has 0 bridgehead atoms. The van der Waals surface area contributed by atoms with Gasteiger partial charge < -0.3 is 4.98 Å². The number of H-pyrrole nitrogens is 2. The fraction of sp³-hybridized carbons (Fsp3) is 0.231. The number of hydrogen-bond donors (Lipinski definition) is 3. The summed E-state index contributed by atoms with van der Waals surface area (Å²) < 4.78 is 28.0. The summed E-state index contributed by atoms with van der Waals surface area (Å²) in [5.74, 6) is 0. The molecule has 1 aromatic heterocycles. The molecule has 1 atom stereocenters. The SMILES string of the molecule is Cc1[nH]c(=O)[nH]c(=O)c1S(=O)(=O)N[C@@H](C)c1ccc(Br)cc1. The van der Waals surface area contributed by atoms with Crippen LogP contribution in [0.5, 0.6) is 0 Å². The first kappa shape index (κ1) is 16.7. The zero-order valence-electron chi connectivity index (χ0n) is 11.8. The van der Waals surface area contributed by atoms with Crippen LogP contribution in [0.25, 0.3) is 0 Å². The highest BCUT2D eigenvalue weighted by atomic mass is 79.9. The van der Waals surface area contributed by atoms with Crippen molar-refractivity contribution in [3.8, 4) is 0 Å². The van der Waals surface area contributed by atoms with Gasteiger partial charge in [-0.15, -0.1) is 0 Å². The van der Waals surface area contributed by atoms with Gasteiger partial charge in [0.1, 0.15) is 0 Å². The molecule has 0 amide bonds. The maximum absolute atomic E-state index is 12.4. The molecule has 2 rings (SSSR count). The minimum absolute atomic E-state index is 0.00995. The Kier molecular flexibility index (Phi) is 4.69. The van der Waals surface area contributed by atoms with Crippen molar-refractivity contribution in [3.63, 3.8) is 0 Å². The number of sulfonamides is 1. The molecule has 0 fully saturated rings. The van der Waals surface area contributed by atoms with E-state index in [2.05, 4.69) is 25.6 Å². The van der Waals surface area contributed by atoms with Gasteiger partial charge in [0.2, 0.25) is 10.0 Å². The van der Waals surface area contributed by atoms with Gasteiger partial charge in [-0.1, -0.05) is 28.1 Å². The van der Waals surface area contributed by atoms with E-state index in [-0.39, 0.29) is 5.69 Å². The lowest BCUT2D eigenvalue weighted by Gasteiger charge is -2.15. The van der Waals surface area contributed by atoms with Crippen LogP contribution in [-0.2, 0) is 10.0 Å². The van der Waals surface area contributed by atoms with Crippen LogP contribution in [-0.4, -0.2) is 18.4 Å². The number of hydrogen-bond acceptors (Lipinski definition) is 4. The lowest BCUT2D eigenvalue weighted by atomic mass is 10.1. The lowest BCUT2D eigenvalue weighted by molar-refractivity contribution is 0.563. The molecule has 1 heterocycles. The second-order valence-corrected chi connectivity index (χ2v) is 7.32. The number of aromatic amines is 2. The summed E-state index contributed by atoms with van der Waals surface area (Å²) in [4.78, 5) is 26.6. The first-order valence-electron chi connectivity index (χ1n) is 6.31. The molecule has 118 valence electrons. The van der Waals surface area contributed by atoms with Crippen LogP contribution < -0.4 is 16.0 Å². The Morgan fingerprint density at radius 3 is 2.27 bits per heavy atom. The van der Waals surface area contributed by atoms with Crippen molar-refractivity contribution < 1.29 is 8.42 Å². The van der Waals surface area contributed by atoms with E-state index >= 15 is 0 Å². The summed E-state index contributed by atoms with van der Waals surface area (Å²) >= 11 is 3.30. The van der Waals surface area contributed by atoms with Crippen LogP contribution in [0.15, 0.2) is 43.2 Å². The quantitative estimate of drug-likeness (QED) is 0.730. The second kappa shape index (κ2) is 6.19. The fourth-order valence-corrected chi connectivity index (χ4v) is 3.76. The van der Waals surface area contributed by atoms with E-state index in [1.807, 2.05) is 4.98 Å². The predicted octanol–water partition coefficient (Wildman–Crippen LogP) is 1.17. The number of aromatic nitrogens is 2. The maximum Gasteiger partial charge on any atom is 0.325 e. The van der Waals surface area contributed by atoms with Crippen LogP contribution in [0.1, 0.15) is 24.2 Å². The summed E-state index contributed by atoms with van der Waals surface area (Å²) in [7, 11) is -4.07. The minimum Gasteiger partial charge on any atom is -0.310 e. The average Bonchev–Trinajstić information content (AvgIpc) is 2.36. The Labute approximate surface area is 135 Å². The molecule has 0 spiro atoms. The Hall–Kier alpha value is -1.71. The first-order chi connectivity index (χ1) is 10.2. The van der Waals surface area contributed by atoms with E-state index in [0.29, 0.717) is 0 Å². The molecule has 0 aliphatic rings. The molecule has 1 aromatic carbocycles. The summed E-state index contributed by atoms with van der Waals surface area (Å²) in [6, 6.07) is 6.57. The molecule has 0 saturated heterocycles. The van der Waals surface area contributed by atoms with Crippen LogP contribution in [0.4, 0.5) is 0 Å². The van der Waals surface area contributed by atoms with Crippen molar-refractivity contribution in [2.45, 2.75) is 24.8 Å². The fourth-order valence-electron chi connectivity index (χ4n) is 2.02. The van der Waals surface area contributed by atoms with Crippen molar-refractivity contribution in [2.75, 3.05) is 0 Å². The smallest absolute Gasteiger partial charge is 0.310 e. The third kappa shape index (κ3) is 3.54. The minimum atomic E-state index is -4.07. The van der Waals surface area contributed by atoms with Gasteiger partial charge in [-0.05, 0) is 31.5 Å². The monoisotopic (exact) mass is 387 g/mol. The van der Waals surface area contributed by atoms with E-state index in [0.717, 1.165) is 10.0 Å². The highest BCUT2D eigenvalue weighted by Crippen LogP contribution is 2.18. The van der Waals surface area contributed by atoms with Gasteiger partial charge >= 0.3 is 5.69 Å². The van der Waals surface area contributed by atoms with Crippen LogP contribution in [0, 0.1) is 6.92 Å². The molecule has 22 heavy (non-hydrogen) atoms. The number of benzene rings is 1. The first-order valence-corrected chi connectivity index (χ1v) is 8.59. The van der Waals surface area contributed by atoms with Gasteiger partial charge in [-0.25, -0.2) is 17.9 Å². The number of aryl methyl sites for hydroxylation is 1. The van der Waals surface area contributed by atoms with Gasteiger partial charge in [0.05, 0.1) is 0 Å². The highest BCUT2D eigenvalue weighted by molar-refractivity contribution is 9.10. The Balaban J connectivity index is 2.38. The van der Waals surface area contributed by atoms with E-state index in [1.165, 1.54) is 6.92 Å². The molecule has 0 saturated carbocycles. The Bertz CT molecular complexity index is 900. The normalized spacial score (nSPS) is 13.0. The number of rotatable bonds is 4. The second-order valence-electron chi connectivity index (χ2n) is 4.76. The molecule has 0 radical (unpaired) electrons. The molecule has 2 aromatic rings. The van der Waals surface area contributed by atoms with Crippen molar-refractivity contribution >= 4 is 26.0 Å². The van der Waals surface area contributed by atoms with Crippen molar-refractivity contribution in [2.24, 2.45) is 0 Å². The van der Waals surface area contributed by atoms with Gasteiger partial charge in [0, 0.05) is 16.2 Å². The van der Waals surface area contributed by atoms with Crippen molar-refractivity contribution in [3.05, 3.63) is 60.8 Å². The third-order valence-corrected chi connectivity index (χ3v) is 5.27. The van der Waals surface area contributed by atoms with Crippen LogP contribution >= 0.6 is 15.9 Å². The van der Waals surface area contributed by atoms with Crippen molar-refractivity contribution in [1.82, 2.24) is 14.7 Å². The third-order valence-electron chi connectivity index (χ3n) is 3.05. The van der Waals surface area contributed by atoms with Gasteiger partial charge in [-0.3, -0.25) is 9.78 Å². The van der Waals surface area contributed by atoms with E-state index in [9.17, 15) is 18.0 Å². The topological polar surface area (TPSA) is 112 Å².